The summed E-state index contributed by atoms with van der Waals surface area (Å²) in [6, 6.07) is 28.2. The molecule has 0 radical (unpaired) electrons. The molecule has 0 saturated heterocycles. The first kappa shape index (κ1) is 25.8. The second kappa shape index (κ2) is 10.8. The SMILES string of the molecule is Cc1cc(C)cc(NC(=O)c2ccc(NC3=C(Cl)C(=O)N(c4ccc(Oc5ccccc5)cc4)C3=O)cc2)c1. The van der Waals surface area contributed by atoms with Gasteiger partial charge in [-0.25, -0.2) is 4.90 Å². The van der Waals surface area contributed by atoms with E-state index in [0.29, 0.717) is 34.1 Å². The first-order chi connectivity index (χ1) is 18.8. The monoisotopic (exact) mass is 537 g/mol. The molecule has 1 heterocycles. The molecule has 0 bridgehead atoms. The van der Waals surface area contributed by atoms with Crippen LogP contribution in [0, 0.1) is 13.8 Å². The van der Waals surface area contributed by atoms with Gasteiger partial charge in [0.05, 0.1) is 5.69 Å². The molecule has 0 aliphatic carbocycles. The van der Waals surface area contributed by atoms with Gasteiger partial charge in [-0.2, -0.15) is 0 Å². The fraction of sp³-hybridized carbons (Fsp3) is 0.0645. The van der Waals surface area contributed by atoms with Crippen molar-refractivity contribution in [2.75, 3.05) is 15.5 Å². The van der Waals surface area contributed by atoms with Crippen LogP contribution in [0.3, 0.4) is 0 Å². The Labute approximate surface area is 230 Å². The Morgan fingerprint density at radius 1 is 0.744 bits per heavy atom. The lowest BCUT2D eigenvalue weighted by Gasteiger charge is -2.16. The van der Waals surface area contributed by atoms with Crippen molar-refractivity contribution in [2.45, 2.75) is 13.8 Å². The van der Waals surface area contributed by atoms with Gasteiger partial charge in [0.1, 0.15) is 22.2 Å². The van der Waals surface area contributed by atoms with E-state index in [9.17, 15) is 14.4 Å². The number of imide groups is 1. The number of nitrogens with zero attached hydrogens (tertiary/aromatic N) is 1. The van der Waals surface area contributed by atoms with Crippen molar-refractivity contribution < 1.29 is 19.1 Å². The average molecular weight is 538 g/mol. The summed E-state index contributed by atoms with van der Waals surface area (Å²) >= 11 is 6.27. The number of ether oxygens (including phenoxy) is 1. The number of anilines is 3. The smallest absolute Gasteiger partial charge is 0.283 e. The number of rotatable bonds is 7. The molecule has 1 aliphatic heterocycles. The average Bonchev–Trinajstić information content (AvgIpc) is 3.12. The van der Waals surface area contributed by atoms with Crippen molar-refractivity contribution in [3.63, 3.8) is 0 Å². The fourth-order valence-electron chi connectivity index (χ4n) is 4.23. The molecular formula is C31H24ClN3O4. The third-order valence-electron chi connectivity index (χ3n) is 6.00. The minimum absolute atomic E-state index is 0.0429. The van der Waals surface area contributed by atoms with Crippen LogP contribution in [-0.4, -0.2) is 17.7 Å². The number of hydrogen-bond acceptors (Lipinski definition) is 5. The Morgan fingerprint density at radius 3 is 2.00 bits per heavy atom. The Bertz CT molecular complexity index is 1580. The largest absolute Gasteiger partial charge is 0.457 e. The molecule has 194 valence electrons. The van der Waals surface area contributed by atoms with Gasteiger partial charge in [0.25, 0.3) is 17.7 Å². The molecule has 4 aromatic carbocycles. The van der Waals surface area contributed by atoms with E-state index in [4.69, 9.17) is 16.3 Å². The number of aryl methyl sites for hydroxylation is 2. The van der Waals surface area contributed by atoms with Crippen LogP contribution in [0.4, 0.5) is 17.1 Å². The van der Waals surface area contributed by atoms with E-state index >= 15 is 0 Å². The van der Waals surface area contributed by atoms with E-state index in [1.165, 1.54) is 0 Å². The first-order valence-corrected chi connectivity index (χ1v) is 12.5. The molecule has 4 aromatic rings. The molecule has 7 nitrogen and oxygen atoms in total. The molecule has 0 fully saturated rings. The van der Waals surface area contributed by atoms with E-state index in [-0.39, 0.29) is 16.6 Å². The van der Waals surface area contributed by atoms with Crippen molar-refractivity contribution in [3.05, 3.63) is 124 Å². The zero-order valence-electron chi connectivity index (χ0n) is 21.2. The molecule has 1 aliphatic rings. The van der Waals surface area contributed by atoms with Gasteiger partial charge in [-0.05, 0) is 97.8 Å². The van der Waals surface area contributed by atoms with Gasteiger partial charge in [-0.1, -0.05) is 35.9 Å². The highest BCUT2D eigenvalue weighted by atomic mass is 35.5. The van der Waals surface area contributed by atoms with Crippen LogP contribution in [0.5, 0.6) is 11.5 Å². The fourth-order valence-corrected chi connectivity index (χ4v) is 4.45. The number of amides is 3. The lowest BCUT2D eigenvalue weighted by molar-refractivity contribution is -0.120. The van der Waals surface area contributed by atoms with E-state index in [1.807, 2.05) is 62.4 Å². The summed E-state index contributed by atoms with van der Waals surface area (Å²) < 4.78 is 5.78. The number of nitrogens with one attached hydrogen (secondary N) is 2. The van der Waals surface area contributed by atoms with Crippen molar-refractivity contribution in [3.8, 4) is 11.5 Å². The second-order valence-corrected chi connectivity index (χ2v) is 9.45. The zero-order chi connectivity index (χ0) is 27.5. The Hall–Kier alpha value is -4.88. The number of hydrogen-bond donors (Lipinski definition) is 2. The van der Waals surface area contributed by atoms with Crippen LogP contribution in [0.25, 0.3) is 0 Å². The molecule has 2 N–H and O–H groups in total. The number of benzene rings is 4. The molecule has 5 rings (SSSR count). The highest BCUT2D eigenvalue weighted by Crippen LogP contribution is 2.32. The summed E-state index contributed by atoms with van der Waals surface area (Å²) in [5.74, 6) is -0.253. The van der Waals surface area contributed by atoms with Crippen LogP contribution < -0.4 is 20.3 Å². The summed E-state index contributed by atoms with van der Waals surface area (Å²) in [5.41, 5.74) is 4.07. The standard InChI is InChI=1S/C31H24ClN3O4/c1-19-16-20(2)18-23(17-19)34-29(36)21-8-10-22(11-9-21)33-28-27(32)30(37)35(31(28)38)24-12-14-26(15-13-24)39-25-6-4-3-5-7-25/h3-18,33H,1-2H3,(H,34,36). The summed E-state index contributed by atoms with van der Waals surface area (Å²) in [5, 5.41) is 5.59. The van der Waals surface area contributed by atoms with Crippen LogP contribution in [-0.2, 0) is 9.59 Å². The van der Waals surface area contributed by atoms with Gasteiger partial charge in [0.15, 0.2) is 0 Å². The molecule has 8 heteroatoms. The number of halogens is 1. The lowest BCUT2D eigenvalue weighted by atomic mass is 10.1. The van der Waals surface area contributed by atoms with Crippen LogP contribution >= 0.6 is 11.6 Å². The van der Waals surface area contributed by atoms with Crippen molar-refractivity contribution >= 4 is 46.4 Å². The molecule has 3 amide bonds. The van der Waals surface area contributed by atoms with Crippen molar-refractivity contribution in [1.82, 2.24) is 0 Å². The van der Waals surface area contributed by atoms with E-state index in [1.54, 1.807) is 48.5 Å². The third kappa shape index (κ3) is 5.68. The maximum absolute atomic E-state index is 13.1. The van der Waals surface area contributed by atoms with E-state index in [2.05, 4.69) is 10.6 Å². The van der Waals surface area contributed by atoms with E-state index in [0.717, 1.165) is 16.0 Å². The summed E-state index contributed by atoms with van der Waals surface area (Å²) in [4.78, 5) is 39.7. The van der Waals surface area contributed by atoms with Crippen LogP contribution in [0.2, 0.25) is 0 Å². The van der Waals surface area contributed by atoms with Gasteiger partial charge in [0, 0.05) is 16.9 Å². The highest BCUT2D eigenvalue weighted by Gasteiger charge is 2.39. The molecule has 0 unspecified atom stereocenters. The van der Waals surface area contributed by atoms with Gasteiger partial charge >= 0.3 is 0 Å². The molecular weight excluding hydrogens is 514 g/mol. The molecule has 0 spiro atoms. The maximum Gasteiger partial charge on any atom is 0.283 e. The normalized spacial score (nSPS) is 13.1. The minimum atomic E-state index is -0.634. The number of carbonyl (C=O) groups is 3. The maximum atomic E-state index is 13.1. The Balaban J connectivity index is 1.26. The molecule has 0 saturated carbocycles. The second-order valence-electron chi connectivity index (χ2n) is 9.08. The quantitative estimate of drug-likeness (QED) is 0.254. The molecule has 39 heavy (non-hydrogen) atoms. The van der Waals surface area contributed by atoms with Gasteiger partial charge in [0.2, 0.25) is 0 Å². The van der Waals surface area contributed by atoms with Crippen molar-refractivity contribution in [1.29, 1.82) is 0 Å². The zero-order valence-corrected chi connectivity index (χ0v) is 22.0. The first-order valence-electron chi connectivity index (χ1n) is 12.2. The third-order valence-corrected chi connectivity index (χ3v) is 6.35. The topological polar surface area (TPSA) is 87.7 Å². The number of para-hydroxylation sites is 1. The Morgan fingerprint density at radius 2 is 1.36 bits per heavy atom. The van der Waals surface area contributed by atoms with Crippen LogP contribution in [0.15, 0.2) is 108 Å². The number of carbonyl (C=O) groups excluding carboxylic acids is 3. The van der Waals surface area contributed by atoms with Crippen molar-refractivity contribution in [2.24, 2.45) is 0 Å². The van der Waals surface area contributed by atoms with Crippen LogP contribution in [0.1, 0.15) is 21.5 Å². The summed E-state index contributed by atoms with van der Waals surface area (Å²) in [6.45, 7) is 3.93. The predicted octanol–water partition coefficient (Wildman–Crippen LogP) is 6.78. The van der Waals surface area contributed by atoms with Gasteiger partial charge in [-0.15, -0.1) is 0 Å². The molecule has 0 aromatic heterocycles. The lowest BCUT2D eigenvalue weighted by Crippen LogP contribution is -2.32. The predicted molar refractivity (Wildman–Crippen MR) is 152 cm³/mol. The highest BCUT2D eigenvalue weighted by molar-refractivity contribution is 6.53. The van der Waals surface area contributed by atoms with E-state index < -0.39 is 11.8 Å². The Kier molecular flexibility index (Phi) is 7.17. The van der Waals surface area contributed by atoms with Gasteiger partial charge < -0.3 is 15.4 Å². The molecule has 0 atom stereocenters. The minimum Gasteiger partial charge on any atom is -0.457 e. The van der Waals surface area contributed by atoms with Gasteiger partial charge in [-0.3, -0.25) is 14.4 Å². The summed E-state index contributed by atoms with van der Waals surface area (Å²) in [7, 11) is 0. The summed E-state index contributed by atoms with van der Waals surface area (Å²) in [6.07, 6.45) is 0.